The molecule has 3 aliphatic rings. The van der Waals surface area contributed by atoms with Crippen molar-refractivity contribution in [3.8, 4) is 0 Å². The van der Waals surface area contributed by atoms with Crippen LogP contribution in [0.1, 0.15) is 46.0 Å². The Morgan fingerprint density at radius 3 is 2.74 bits per heavy atom. The maximum absolute atomic E-state index is 11.4. The Bertz CT molecular complexity index is 451. The number of ether oxygens (including phenoxy) is 1. The predicted octanol–water partition coefficient (Wildman–Crippen LogP) is 2.12. The zero-order chi connectivity index (χ0) is 13.8. The molecule has 19 heavy (non-hydrogen) atoms. The summed E-state index contributed by atoms with van der Waals surface area (Å²) in [5.74, 6) is -0.732. The zero-order valence-electron chi connectivity index (χ0n) is 11.6. The normalized spacial score (nSPS) is 44.9. The standard InChI is InChI=1S/C15H22O4/c1-9(2)10-3-5-14-7-12(19-8-14)15(18,13(16)17)6-4-11(10)14/h11-12,18H,3-8H2,1-2H3,(H,16,17)/t11?,12-,14-,15-/m1/s1. The van der Waals surface area contributed by atoms with Gasteiger partial charge in [-0.25, -0.2) is 4.79 Å². The number of fused-ring (bicyclic) bond motifs is 1. The van der Waals surface area contributed by atoms with Crippen molar-refractivity contribution in [3.05, 3.63) is 11.1 Å². The maximum atomic E-state index is 11.4. The SMILES string of the molecule is CC(C)=C1CC[C@]23CO[C@H](C2)[C@@](O)(C(=O)O)CCC13. The van der Waals surface area contributed by atoms with Gasteiger partial charge < -0.3 is 14.9 Å². The lowest BCUT2D eigenvalue weighted by Crippen LogP contribution is -2.49. The molecular formula is C15H22O4. The predicted molar refractivity (Wildman–Crippen MR) is 69.7 cm³/mol. The van der Waals surface area contributed by atoms with E-state index in [-0.39, 0.29) is 5.41 Å². The van der Waals surface area contributed by atoms with Gasteiger partial charge in [0.15, 0.2) is 5.60 Å². The second-order valence-corrected chi connectivity index (χ2v) is 6.71. The van der Waals surface area contributed by atoms with Gasteiger partial charge in [-0.1, -0.05) is 11.1 Å². The molecule has 3 fully saturated rings. The van der Waals surface area contributed by atoms with Gasteiger partial charge in [0.1, 0.15) is 0 Å². The van der Waals surface area contributed by atoms with Crippen LogP contribution in [0.25, 0.3) is 0 Å². The van der Waals surface area contributed by atoms with E-state index in [0.29, 0.717) is 25.4 Å². The summed E-state index contributed by atoms with van der Waals surface area (Å²) in [5.41, 5.74) is 1.21. The highest BCUT2D eigenvalue weighted by atomic mass is 16.5. The summed E-state index contributed by atoms with van der Waals surface area (Å²) >= 11 is 0. The summed E-state index contributed by atoms with van der Waals surface area (Å²) in [7, 11) is 0. The first-order valence-electron chi connectivity index (χ1n) is 7.13. The van der Waals surface area contributed by atoms with Crippen molar-refractivity contribution in [1.82, 2.24) is 0 Å². The summed E-state index contributed by atoms with van der Waals surface area (Å²) < 4.78 is 5.71. The number of aliphatic hydroxyl groups is 1. The molecule has 1 spiro atoms. The van der Waals surface area contributed by atoms with Crippen LogP contribution in [-0.4, -0.2) is 34.5 Å². The van der Waals surface area contributed by atoms with Gasteiger partial charge in [-0.15, -0.1) is 0 Å². The first-order chi connectivity index (χ1) is 8.89. The van der Waals surface area contributed by atoms with Crippen molar-refractivity contribution in [2.75, 3.05) is 6.61 Å². The van der Waals surface area contributed by atoms with Crippen LogP contribution >= 0.6 is 0 Å². The minimum atomic E-state index is -1.69. The number of hydrogen-bond acceptors (Lipinski definition) is 3. The fourth-order valence-corrected chi connectivity index (χ4v) is 4.43. The summed E-state index contributed by atoms with van der Waals surface area (Å²) in [6.45, 7) is 4.88. The molecule has 0 aromatic heterocycles. The fourth-order valence-electron chi connectivity index (χ4n) is 4.43. The van der Waals surface area contributed by atoms with Gasteiger partial charge in [-0.2, -0.15) is 0 Å². The van der Waals surface area contributed by atoms with Gasteiger partial charge in [0.2, 0.25) is 0 Å². The highest BCUT2D eigenvalue weighted by Crippen LogP contribution is 2.59. The second kappa shape index (κ2) is 4.06. The molecule has 2 saturated carbocycles. The first-order valence-corrected chi connectivity index (χ1v) is 7.13. The van der Waals surface area contributed by atoms with Crippen molar-refractivity contribution < 1.29 is 19.7 Å². The van der Waals surface area contributed by atoms with E-state index in [1.54, 1.807) is 0 Å². The van der Waals surface area contributed by atoms with Crippen LogP contribution < -0.4 is 0 Å². The van der Waals surface area contributed by atoms with E-state index in [1.165, 1.54) is 11.1 Å². The molecule has 4 heteroatoms. The number of carboxylic acids is 1. The lowest BCUT2D eigenvalue weighted by atomic mass is 9.74. The molecule has 0 radical (unpaired) electrons. The summed E-state index contributed by atoms with van der Waals surface area (Å²) in [5, 5.41) is 19.8. The van der Waals surface area contributed by atoms with E-state index in [2.05, 4.69) is 13.8 Å². The summed E-state index contributed by atoms with van der Waals surface area (Å²) in [6.07, 6.45) is 3.40. The zero-order valence-corrected chi connectivity index (χ0v) is 11.6. The van der Waals surface area contributed by atoms with Crippen LogP contribution in [0.15, 0.2) is 11.1 Å². The van der Waals surface area contributed by atoms with Crippen LogP contribution in [0.4, 0.5) is 0 Å². The Kier molecular flexibility index (Phi) is 2.81. The van der Waals surface area contributed by atoms with Gasteiger partial charge in [0, 0.05) is 5.41 Å². The third-order valence-electron chi connectivity index (χ3n) is 5.58. The van der Waals surface area contributed by atoms with E-state index in [1.807, 2.05) is 0 Å². The minimum Gasteiger partial charge on any atom is -0.479 e. The molecule has 4 atom stereocenters. The van der Waals surface area contributed by atoms with E-state index in [9.17, 15) is 15.0 Å². The van der Waals surface area contributed by atoms with Gasteiger partial charge in [-0.05, 0) is 51.9 Å². The van der Waals surface area contributed by atoms with Crippen molar-refractivity contribution in [3.63, 3.8) is 0 Å². The van der Waals surface area contributed by atoms with Crippen molar-refractivity contribution in [2.24, 2.45) is 11.3 Å². The number of hydrogen-bond donors (Lipinski definition) is 2. The molecule has 0 amide bonds. The lowest BCUT2D eigenvalue weighted by molar-refractivity contribution is -0.174. The molecule has 106 valence electrons. The topological polar surface area (TPSA) is 66.8 Å². The van der Waals surface area contributed by atoms with E-state index in [0.717, 1.165) is 19.3 Å². The van der Waals surface area contributed by atoms with Crippen molar-refractivity contribution in [2.45, 2.75) is 57.7 Å². The van der Waals surface area contributed by atoms with Crippen LogP contribution in [-0.2, 0) is 9.53 Å². The third-order valence-corrected chi connectivity index (χ3v) is 5.58. The largest absolute Gasteiger partial charge is 0.479 e. The quantitative estimate of drug-likeness (QED) is 0.713. The Morgan fingerprint density at radius 2 is 2.11 bits per heavy atom. The summed E-state index contributed by atoms with van der Waals surface area (Å²) in [6, 6.07) is 0. The molecule has 0 aromatic rings. The van der Waals surface area contributed by atoms with Crippen LogP contribution in [0.2, 0.25) is 0 Å². The Morgan fingerprint density at radius 1 is 1.37 bits per heavy atom. The molecule has 1 saturated heterocycles. The molecule has 1 heterocycles. The maximum Gasteiger partial charge on any atom is 0.338 e. The second-order valence-electron chi connectivity index (χ2n) is 6.71. The van der Waals surface area contributed by atoms with E-state index in [4.69, 9.17) is 4.74 Å². The number of rotatable bonds is 1. The number of aliphatic carboxylic acids is 1. The van der Waals surface area contributed by atoms with Crippen LogP contribution in [0.5, 0.6) is 0 Å². The van der Waals surface area contributed by atoms with Gasteiger partial charge >= 0.3 is 5.97 Å². The molecular weight excluding hydrogens is 244 g/mol. The lowest BCUT2D eigenvalue weighted by Gasteiger charge is -2.31. The van der Waals surface area contributed by atoms with E-state index >= 15 is 0 Å². The van der Waals surface area contributed by atoms with E-state index < -0.39 is 17.7 Å². The van der Waals surface area contributed by atoms with Crippen molar-refractivity contribution >= 4 is 5.97 Å². The molecule has 3 rings (SSSR count). The summed E-state index contributed by atoms with van der Waals surface area (Å²) in [4.78, 5) is 11.4. The van der Waals surface area contributed by atoms with Gasteiger partial charge in [-0.3, -0.25) is 0 Å². The number of allylic oxidation sites excluding steroid dienone is 2. The molecule has 1 unspecified atom stereocenters. The molecule has 2 N–H and O–H groups in total. The monoisotopic (exact) mass is 266 g/mol. The molecule has 0 aromatic carbocycles. The Balaban J connectivity index is 1.99. The third kappa shape index (κ3) is 1.69. The molecule has 2 aliphatic carbocycles. The molecule has 4 nitrogen and oxygen atoms in total. The average Bonchev–Trinajstić information content (AvgIpc) is 2.89. The minimum absolute atomic E-state index is 0.0806. The number of carboxylic acid groups (broad SMARTS) is 1. The van der Waals surface area contributed by atoms with Crippen LogP contribution in [0.3, 0.4) is 0 Å². The number of carbonyl (C=O) groups is 1. The molecule has 2 bridgehead atoms. The fraction of sp³-hybridized carbons (Fsp3) is 0.800. The smallest absolute Gasteiger partial charge is 0.338 e. The van der Waals surface area contributed by atoms with Crippen LogP contribution in [0, 0.1) is 11.3 Å². The van der Waals surface area contributed by atoms with Gasteiger partial charge in [0.05, 0.1) is 12.7 Å². The first kappa shape index (κ1) is 13.1. The Labute approximate surface area is 113 Å². The molecule has 1 aliphatic heterocycles. The Hall–Kier alpha value is -0.870. The van der Waals surface area contributed by atoms with Crippen molar-refractivity contribution in [1.29, 1.82) is 0 Å². The highest BCUT2D eigenvalue weighted by Gasteiger charge is 2.60. The van der Waals surface area contributed by atoms with Gasteiger partial charge in [0.25, 0.3) is 0 Å². The average molecular weight is 266 g/mol. The highest BCUT2D eigenvalue weighted by molar-refractivity contribution is 5.78.